The van der Waals surface area contributed by atoms with Crippen molar-refractivity contribution in [2.75, 3.05) is 26.2 Å². The largest absolute Gasteiger partial charge is 0.314 e. The van der Waals surface area contributed by atoms with Gasteiger partial charge in [0, 0.05) is 62.3 Å². The average molecular weight is 347 g/mol. The van der Waals surface area contributed by atoms with Gasteiger partial charge in [-0.2, -0.15) is 0 Å². The lowest BCUT2D eigenvalue weighted by atomic mass is 10.1. The average Bonchev–Trinajstić information content (AvgIpc) is 2.69. The van der Waals surface area contributed by atoms with Gasteiger partial charge in [-0.3, -0.25) is 14.7 Å². The summed E-state index contributed by atoms with van der Waals surface area (Å²) in [6, 6.07) is 13.5. The number of H-pyrrole nitrogens is 1. The highest BCUT2D eigenvalue weighted by Gasteiger charge is 2.11. The predicted molar refractivity (Wildman–Crippen MR) is 102 cm³/mol. The van der Waals surface area contributed by atoms with Gasteiger partial charge in [0.15, 0.2) is 0 Å². The number of nitrogens with one attached hydrogen (secondary N) is 2. The molecule has 0 saturated carbocycles. The lowest BCUT2D eigenvalue weighted by Gasteiger charge is -2.27. The highest BCUT2D eigenvalue weighted by atomic mass is 16.1. The molecular formula is C20H21N5O. The Hall–Kier alpha value is -2.83. The van der Waals surface area contributed by atoms with Crippen LogP contribution in [0, 0.1) is 0 Å². The van der Waals surface area contributed by atoms with Crippen LogP contribution in [0.15, 0.2) is 59.7 Å². The number of aromatic nitrogens is 3. The smallest absolute Gasteiger partial charge is 0.251 e. The van der Waals surface area contributed by atoms with Crippen LogP contribution in [0.4, 0.5) is 0 Å². The summed E-state index contributed by atoms with van der Waals surface area (Å²) in [4.78, 5) is 26.1. The van der Waals surface area contributed by atoms with Gasteiger partial charge >= 0.3 is 0 Å². The van der Waals surface area contributed by atoms with Gasteiger partial charge in [0.2, 0.25) is 0 Å². The second-order valence-electron chi connectivity index (χ2n) is 6.44. The van der Waals surface area contributed by atoms with Crippen LogP contribution in [0.2, 0.25) is 0 Å². The first-order chi connectivity index (χ1) is 12.8. The van der Waals surface area contributed by atoms with Crippen LogP contribution < -0.4 is 10.9 Å². The second-order valence-corrected chi connectivity index (χ2v) is 6.44. The van der Waals surface area contributed by atoms with Crippen molar-refractivity contribution in [1.82, 2.24) is 25.2 Å². The molecule has 6 heteroatoms. The van der Waals surface area contributed by atoms with Crippen LogP contribution in [-0.4, -0.2) is 46.0 Å². The van der Waals surface area contributed by atoms with E-state index in [9.17, 15) is 4.79 Å². The number of aromatic amines is 1. The van der Waals surface area contributed by atoms with Crippen molar-refractivity contribution in [3.63, 3.8) is 0 Å². The summed E-state index contributed by atoms with van der Waals surface area (Å²) in [5.41, 5.74) is 3.52. The third-order valence-electron chi connectivity index (χ3n) is 4.53. The molecule has 1 fully saturated rings. The van der Waals surface area contributed by atoms with Crippen molar-refractivity contribution in [3.05, 3.63) is 70.8 Å². The van der Waals surface area contributed by atoms with Crippen LogP contribution in [0.1, 0.15) is 5.56 Å². The predicted octanol–water partition coefficient (Wildman–Crippen LogP) is 1.90. The standard InChI is InChI=1S/C20H21N5O/c26-19-13-18(16-4-6-21-7-5-16)23-20(24-19)17-3-1-2-15(12-17)14-25-10-8-22-9-11-25/h1-7,12-13,22H,8-11,14H2,(H,23,24,26). The maximum atomic E-state index is 12.1. The zero-order valence-corrected chi connectivity index (χ0v) is 14.5. The summed E-state index contributed by atoms with van der Waals surface area (Å²) < 4.78 is 0. The summed E-state index contributed by atoms with van der Waals surface area (Å²) in [7, 11) is 0. The van der Waals surface area contributed by atoms with Gasteiger partial charge in [-0.05, 0) is 23.8 Å². The zero-order chi connectivity index (χ0) is 17.8. The van der Waals surface area contributed by atoms with Gasteiger partial charge in [-0.25, -0.2) is 4.98 Å². The maximum absolute atomic E-state index is 12.1. The molecule has 4 rings (SSSR count). The van der Waals surface area contributed by atoms with E-state index >= 15 is 0 Å². The minimum absolute atomic E-state index is 0.158. The first-order valence-corrected chi connectivity index (χ1v) is 8.82. The zero-order valence-electron chi connectivity index (χ0n) is 14.5. The van der Waals surface area contributed by atoms with E-state index in [2.05, 4.69) is 37.3 Å². The number of hydrogen-bond acceptors (Lipinski definition) is 5. The molecule has 0 radical (unpaired) electrons. The van der Waals surface area contributed by atoms with Crippen LogP contribution >= 0.6 is 0 Å². The van der Waals surface area contributed by atoms with E-state index in [1.54, 1.807) is 12.4 Å². The van der Waals surface area contributed by atoms with Gasteiger partial charge in [0.05, 0.1) is 5.69 Å². The molecule has 3 aromatic rings. The van der Waals surface area contributed by atoms with Crippen LogP contribution in [0.5, 0.6) is 0 Å². The van der Waals surface area contributed by atoms with Crippen LogP contribution in [0.25, 0.3) is 22.6 Å². The van der Waals surface area contributed by atoms with Gasteiger partial charge < -0.3 is 10.3 Å². The third kappa shape index (κ3) is 3.87. The highest BCUT2D eigenvalue weighted by Crippen LogP contribution is 2.20. The molecule has 132 valence electrons. The topological polar surface area (TPSA) is 73.9 Å². The lowest BCUT2D eigenvalue weighted by Crippen LogP contribution is -2.42. The fourth-order valence-electron chi connectivity index (χ4n) is 3.21. The second kappa shape index (κ2) is 7.59. The Morgan fingerprint density at radius 3 is 2.62 bits per heavy atom. The van der Waals surface area contributed by atoms with Gasteiger partial charge in [0.1, 0.15) is 5.82 Å². The van der Waals surface area contributed by atoms with E-state index in [-0.39, 0.29) is 5.56 Å². The van der Waals surface area contributed by atoms with E-state index in [4.69, 9.17) is 0 Å². The number of nitrogens with zero attached hydrogens (tertiary/aromatic N) is 3. The summed E-state index contributed by atoms with van der Waals surface area (Å²) in [6.07, 6.45) is 3.40. The molecule has 0 bridgehead atoms. The quantitative estimate of drug-likeness (QED) is 0.754. The first-order valence-electron chi connectivity index (χ1n) is 8.82. The van der Waals surface area contributed by atoms with E-state index in [0.717, 1.165) is 43.9 Å². The highest BCUT2D eigenvalue weighted by molar-refractivity contribution is 5.63. The van der Waals surface area contributed by atoms with Crippen LogP contribution in [0.3, 0.4) is 0 Å². The molecule has 1 aromatic carbocycles. The van der Waals surface area contributed by atoms with Crippen molar-refractivity contribution in [1.29, 1.82) is 0 Å². The Bertz CT molecular complexity index is 932. The third-order valence-corrected chi connectivity index (χ3v) is 4.53. The van der Waals surface area contributed by atoms with Crippen molar-refractivity contribution < 1.29 is 0 Å². The summed E-state index contributed by atoms with van der Waals surface area (Å²) >= 11 is 0. The number of rotatable bonds is 4. The molecule has 1 saturated heterocycles. The molecule has 0 spiro atoms. The van der Waals surface area contributed by atoms with E-state index in [1.165, 1.54) is 11.6 Å². The molecule has 0 aliphatic carbocycles. The molecule has 0 amide bonds. The number of hydrogen-bond donors (Lipinski definition) is 2. The number of piperazine rings is 1. The Balaban J connectivity index is 1.64. The number of benzene rings is 1. The Morgan fingerprint density at radius 1 is 1.00 bits per heavy atom. The molecule has 2 aromatic heterocycles. The van der Waals surface area contributed by atoms with Gasteiger partial charge in [-0.1, -0.05) is 18.2 Å². The molecule has 1 aliphatic rings. The fraction of sp³-hybridized carbons (Fsp3) is 0.250. The van der Waals surface area contributed by atoms with Crippen LogP contribution in [-0.2, 0) is 6.54 Å². The minimum atomic E-state index is -0.158. The van der Waals surface area contributed by atoms with Crippen molar-refractivity contribution in [3.8, 4) is 22.6 Å². The Morgan fingerprint density at radius 2 is 1.81 bits per heavy atom. The van der Waals surface area contributed by atoms with E-state index in [0.29, 0.717) is 11.5 Å². The molecule has 0 atom stereocenters. The Kier molecular flexibility index (Phi) is 4.86. The molecular weight excluding hydrogens is 326 g/mol. The monoisotopic (exact) mass is 347 g/mol. The molecule has 6 nitrogen and oxygen atoms in total. The van der Waals surface area contributed by atoms with Crippen molar-refractivity contribution in [2.45, 2.75) is 6.54 Å². The maximum Gasteiger partial charge on any atom is 0.251 e. The summed E-state index contributed by atoms with van der Waals surface area (Å²) in [6.45, 7) is 5.07. The minimum Gasteiger partial charge on any atom is -0.314 e. The summed E-state index contributed by atoms with van der Waals surface area (Å²) in [5, 5.41) is 3.37. The first kappa shape index (κ1) is 16.6. The lowest BCUT2D eigenvalue weighted by molar-refractivity contribution is 0.233. The SMILES string of the molecule is O=c1cc(-c2ccncc2)nc(-c2cccc(CN3CCNCC3)c2)[nH]1. The van der Waals surface area contributed by atoms with E-state index < -0.39 is 0 Å². The van der Waals surface area contributed by atoms with Crippen molar-refractivity contribution >= 4 is 0 Å². The van der Waals surface area contributed by atoms with E-state index in [1.807, 2.05) is 24.3 Å². The molecule has 3 heterocycles. The van der Waals surface area contributed by atoms with Gasteiger partial charge in [0.25, 0.3) is 5.56 Å². The summed E-state index contributed by atoms with van der Waals surface area (Å²) in [5.74, 6) is 0.589. The molecule has 26 heavy (non-hydrogen) atoms. The van der Waals surface area contributed by atoms with Crippen molar-refractivity contribution in [2.24, 2.45) is 0 Å². The Labute approximate surface area is 151 Å². The van der Waals surface area contributed by atoms with Gasteiger partial charge in [-0.15, -0.1) is 0 Å². The molecule has 0 unspecified atom stereocenters. The number of pyridine rings is 1. The molecule has 2 N–H and O–H groups in total. The molecule has 1 aliphatic heterocycles. The fourth-order valence-corrected chi connectivity index (χ4v) is 3.21. The normalized spacial score (nSPS) is 15.1.